The zero-order chi connectivity index (χ0) is 38.2. The number of ether oxygens (including phenoxy) is 4. The van der Waals surface area contributed by atoms with Crippen molar-refractivity contribution in [2.45, 2.75) is 116 Å². The van der Waals surface area contributed by atoms with Crippen LogP contribution in [0.15, 0.2) is 48.5 Å². The summed E-state index contributed by atoms with van der Waals surface area (Å²) in [5, 5.41) is 20.6. The van der Waals surface area contributed by atoms with Gasteiger partial charge in [-0.3, -0.25) is 9.59 Å². The predicted octanol–water partition coefficient (Wildman–Crippen LogP) is 6.06. The summed E-state index contributed by atoms with van der Waals surface area (Å²) < 4.78 is 23.4. The zero-order valence-electron chi connectivity index (χ0n) is 31.6. The van der Waals surface area contributed by atoms with Crippen LogP contribution in [-0.4, -0.2) is 105 Å². The Hall–Kier alpha value is -4.16. The first-order valence-corrected chi connectivity index (χ1v) is 18.2. The Labute approximate surface area is 306 Å². The number of amides is 2. The fourth-order valence-electron chi connectivity index (χ4n) is 7.83. The van der Waals surface area contributed by atoms with E-state index in [0.29, 0.717) is 74.5 Å². The van der Waals surface area contributed by atoms with Crippen molar-refractivity contribution in [3.8, 4) is 11.5 Å². The number of benzene rings is 2. The first-order chi connectivity index (χ1) is 24.3. The van der Waals surface area contributed by atoms with Gasteiger partial charge in [0.2, 0.25) is 0 Å². The van der Waals surface area contributed by atoms with Gasteiger partial charge in [0.05, 0.1) is 35.2 Å². The molecule has 2 aromatic carbocycles. The Morgan fingerprint density at radius 3 is 1.25 bits per heavy atom. The van der Waals surface area contributed by atoms with Gasteiger partial charge in [0.25, 0.3) is 0 Å². The summed E-state index contributed by atoms with van der Waals surface area (Å²) in [6.45, 7) is 15.9. The SMILES string of the molecule is CC(O)C1C(=O)c2ccccc2OC12CCN(C(=O)OC(C)(C)C)CC2.CC(O)C1C(=O)c2ccccc2OC12CCN(C(=O)OC(C)(C)C)CC2. The normalized spacial score (nSPS) is 23.2. The summed E-state index contributed by atoms with van der Waals surface area (Å²) in [5.41, 5.74) is -1.66. The van der Waals surface area contributed by atoms with E-state index in [1.165, 1.54) is 0 Å². The lowest BCUT2D eigenvalue weighted by atomic mass is 9.71. The Morgan fingerprint density at radius 1 is 0.654 bits per heavy atom. The summed E-state index contributed by atoms with van der Waals surface area (Å²) in [4.78, 5) is 53.9. The van der Waals surface area contributed by atoms with E-state index in [0.717, 1.165) is 0 Å². The van der Waals surface area contributed by atoms with Crippen LogP contribution in [0.5, 0.6) is 11.5 Å². The number of aliphatic hydroxyl groups excluding tert-OH is 2. The molecule has 0 saturated carbocycles. The smallest absolute Gasteiger partial charge is 0.410 e. The topological polar surface area (TPSA) is 152 Å². The van der Waals surface area contributed by atoms with Crippen LogP contribution in [0.2, 0.25) is 0 Å². The van der Waals surface area contributed by atoms with Gasteiger partial charge in [-0.2, -0.15) is 0 Å². The highest BCUT2D eigenvalue weighted by molar-refractivity contribution is 6.03. The summed E-state index contributed by atoms with van der Waals surface area (Å²) >= 11 is 0. The molecule has 4 aliphatic rings. The first-order valence-electron chi connectivity index (χ1n) is 18.2. The third-order valence-electron chi connectivity index (χ3n) is 10.1. The van der Waals surface area contributed by atoms with E-state index in [1.54, 1.807) is 60.0 Å². The second kappa shape index (κ2) is 14.7. The number of Topliss-reactive ketones (excluding diaryl/α,β-unsaturated/α-hetero) is 2. The van der Waals surface area contributed by atoms with Crippen molar-refractivity contribution in [2.24, 2.45) is 11.8 Å². The lowest BCUT2D eigenvalue weighted by molar-refractivity contribution is -0.0775. The molecule has 2 aromatic rings. The molecule has 4 atom stereocenters. The van der Waals surface area contributed by atoms with Gasteiger partial charge in [-0.05, 0) is 79.7 Å². The number of piperidine rings is 2. The maximum atomic E-state index is 13.0. The number of hydrogen-bond acceptors (Lipinski definition) is 10. The lowest BCUT2D eigenvalue weighted by Gasteiger charge is -2.49. The Bertz CT molecular complexity index is 1520. The third-order valence-corrected chi connectivity index (χ3v) is 10.1. The van der Waals surface area contributed by atoms with Crippen molar-refractivity contribution in [1.82, 2.24) is 9.80 Å². The zero-order valence-corrected chi connectivity index (χ0v) is 31.6. The van der Waals surface area contributed by atoms with Crippen molar-refractivity contribution in [3.63, 3.8) is 0 Å². The minimum Gasteiger partial charge on any atom is -0.486 e. The van der Waals surface area contributed by atoms with E-state index >= 15 is 0 Å². The fourth-order valence-corrected chi connectivity index (χ4v) is 7.83. The number of para-hydroxylation sites is 2. The summed E-state index contributed by atoms with van der Waals surface area (Å²) in [6.07, 6.45) is -0.479. The van der Waals surface area contributed by atoms with Gasteiger partial charge in [-0.15, -0.1) is 0 Å². The minimum absolute atomic E-state index is 0.0902. The number of ketones is 2. The van der Waals surface area contributed by atoms with Gasteiger partial charge in [0.15, 0.2) is 11.6 Å². The quantitative estimate of drug-likeness (QED) is 0.375. The molecule has 0 bridgehead atoms. The molecule has 52 heavy (non-hydrogen) atoms. The number of carbonyl (C=O) groups excluding carboxylic acids is 4. The average molecular weight is 723 g/mol. The van der Waals surface area contributed by atoms with E-state index in [4.69, 9.17) is 18.9 Å². The maximum Gasteiger partial charge on any atom is 0.410 e. The molecule has 2 N–H and O–H groups in total. The fraction of sp³-hybridized carbons (Fsp3) is 0.600. The second-order valence-corrected chi connectivity index (χ2v) is 16.4. The molecule has 0 aromatic heterocycles. The van der Waals surface area contributed by atoms with E-state index in [-0.39, 0.29) is 23.8 Å². The van der Waals surface area contributed by atoms with Gasteiger partial charge < -0.3 is 39.0 Å². The molecule has 2 saturated heterocycles. The van der Waals surface area contributed by atoms with Crippen LogP contribution in [0.3, 0.4) is 0 Å². The first kappa shape index (κ1) is 39.1. The Kier molecular flexibility index (Phi) is 11.0. The van der Waals surface area contributed by atoms with E-state index in [9.17, 15) is 29.4 Å². The largest absolute Gasteiger partial charge is 0.486 e. The standard InChI is InChI=1S/2C20H27NO5/c2*1-13(22)16-17(23)14-7-5-6-8-15(14)25-20(16)9-11-21(12-10-20)18(24)26-19(2,3)4/h2*5-8,13,16,22H,9-12H2,1-4H3. The molecule has 4 aliphatic heterocycles. The average Bonchev–Trinajstić information content (AvgIpc) is 3.04. The van der Waals surface area contributed by atoms with Crippen LogP contribution < -0.4 is 9.47 Å². The van der Waals surface area contributed by atoms with Crippen molar-refractivity contribution >= 4 is 23.8 Å². The van der Waals surface area contributed by atoms with Gasteiger partial charge in [-0.25, -0.2) is 9.59 Å². The van der Waals surface area contributed by atoms with Crippen molar-refractivity contribution in [1.29, 1.82) is 0 Å². The molecule has 2 spiro atoms. The van der Waals surface area contributed by atoms with Crippen LogP contribution in [0.4, 0.5) is 9.59 Å². The molecule has 6 rings (SSSR count). The molecule has 12 nitrogen and oxygen atoms in total. The lowest BCUT2D eigenvalue weighted by Crippen LogP contribution is -2.60. The molecular weight excluding hydrogens is 668 g/mol. The molecule has 284 valence electrons. The van der Waals surface area contributed by atoms with E-state index < -0.39 is 46.4 Å². The molecule has 0 radical (unpaired) electrons. The number of hydrogen-bond donors (Lipinski definition) is 2. The molecule has 2 amide bonds. The van der Waals surface area contributed by atoms with Gasteiger partial charge in [0, 0.05) is 51.9 Å². The molecule has 4 unspecified atom stereocenters. The van der Waals surface area contributed by atoms with Crippen LogP contribution in [0, 0.1) is 11.8 Å². The van der Waals surface area contributed by atoms with Crippen LogP contribution in [0.1, 0.15) is 102 Å². The molecule has 12 heteroatoms. The second-order valence-electron chi connectivity index (χ2n) is 16.4. The monoisotopic (exact) mass is 722 g/mol. The minimum atomic E-state index is -0.830. The highest BCUT2D eigenvalue weighted by atomic mass is 16.6. The van der Waals surface area contributed by atoms with Crippen LogP contribution in [0.25, 0.3) is 0 Å². The van der Waals surface area contributed by atoms with Crippen molar-refractivity contribution in [3.05, 3.63) is 59.7 Å². The number of rotatable bonds is 2. The van der Waals surface area contributed by atoms with Gasteiger partial charge in [-0.1, -0.05) is 24.3 Å². The molecular formula is C40H54N2O10. The summed E-state index contributed by atoms with van der Waals surface area (Å²) in [6, 6.07) is 14.3. The van der Waals surface area contributed by atoms with Gasteiger partial charge >= 0.3 is 12.2 Å². The van der Waals surface area contributed by atoms with Crippen LogP contribution >= 0.6 is 0 Å². The highest BCUT2D eigenvalue weighted by Gasteiger charge is 2.55. The maximum absolute atomic E-state index is 13.0. The summed E-state index contributed by atoms with van der Waals surface area (Å²) in [5.74, 6) is -0.350. The van der Waals surface area contributed by atoms with Crippen molar-refractivity contribution in [2.75, 3.05) is 26.2 Å². The number of likely N-dealkylation sites (tertiary alicyclic amines) is 2. The predicted molar refractivity (Wildman–Crippen MR) is 193 cm³/mol. The molecule has 4 heterocycles. The van der Waals surface area contributed by atoms with Crippen molar-refractivity contribution < 1.29 is 48.3 Å². The number of carbonyl (C=O) groups is 4. The Balaban J connectivity index is 0.000000201. The molecule has 2 fully saturated rings. The van der Waals surface area contributed by atoms with Gasteiger partial charge in [0.1, 0.15) is 33.9 Å². The number of nitrogens with zero attached hydrogens (tertiary/aromatic N) is 2. The summed E-state index contributed by atoms with van der Waals surface area (Å²) in [7, 11) is 0. The highest BCUT2D eigenvalue weighted by Crippen LogP contribution is 2.46. The number of fused-ring (bicyclic) bond motifs is 2. The molecule has 0 aliphatic carbocycles. The van der Waals surface area contributed by atoms with Crippen LogP contribution in [-0.2, 0) is 9.47 Å². The van der Waals surface area contributed by atoms with E-state index in [2.05, 4.69) is 0 Å². The van der Waals surface area contributed by atoms with E-state index in [1.807, 2.05) is 53.7 Å². The third kappa shape index (κ3) is 8.23. The Morgan fingerprint density at radius 2 is 0.962 bits per heavy atom. The number of aliphatic hydroxyl groups is 2.